The van der Waals surface area contributed by atoms with E-state index in [1.54, 1.807) is 0 Å². The Kier molecular flexibility index (Phi) is 3.91. The third kappa shape index (κ3) is 3.58. The van der Waals surface area contributed by atoms with E-state index >= 15 is 0 Å². The number of hydrogen-bond acceptors (Lipinski definition) is 3. The smallest absolute Gasteiger partial charge is 0.243 e. The molecule has 0 aliphatic heterocycles. The van der Waals surface area contributed by atoms with Crippen molar-refractivity contribution in [1.29, 1.82) is 0 Å². The van der Waals surface area contributed by atoms with Gasteiger partial charge in [-0.25, -0.2) is 13.1 Å². The van der Waals surface area contributed by atoms with E-state index in [4.69, 9.17) is 0 Å². The first-order valence-electron chi connectivity index (χ1n) is 4.42. The van der Waals surface area contributed by atoms with Crippen LogP contribution in [0.5, 0.6) is 0 Å². The van der Waals surface area contributed by atoms with Gasteiger partial charge in [0.1, 0.15) is 4.90 Å². The van der Waals surface area contributed by atoms with Gasteiger partial charge in [0.2, 0.25) is 10.0 Å². The number of nitrogens with zero attached hydrogens (tertiary/aromatic N) is 1. The van der Waals surface area contributed by atoms with Crippen molar-refractivity contribution < 1.29 is 8.42 Å². The van der Waals surface area contributed by atoms with Crippen LogP contribution < -0.4 is 4.72 Å². The van der Waals surface area contributed by atoms with E-state index in [2.05, 4.69) is 30.8 Å². The Morgan fingerprint density at radius 1 is 1.60 bits per heavy atom. The van der Waals surface area contributed by atoms with Gasteiger partial charge in [0.05, 0.1) is 6.20 Å². The molecule has 1 rings (SSSR count). The fourth-order valence-electron chi connectivity index (χ4n) is 0.807. The molecule has 0 radical (unpaired) electrons. The van der Waals surface area contributed by atoms with E-state index in [1.807, 2.05) is 13.8 Å². The van der Waals surface area contributed by atoms with Crippen molar-refractivity contribution in [2.45, 2.75) is 18.7 Å². The second-order valence-corrected chi connectivity index (χ2v) is 6.38. The monoisotopic (exact) mass is 295 g/mol. The van der Waals surface area contributed by atoms with Crippen molar-refractivity contribution in [1.82, 2.24) is 14.9 Å². The topological polar surface area (TPSA) is 74.8 Å². The van der Waals surface area contributed by atoms with E-state index in [1.165, 1.54) is 12.4 Å². The highest BCUT2D eigenvalue weighted by Crippen LogP contribution is 2.17. The van der Waals surface area contributed by atoms with Crippen molar-refractivity contribution >= 4 is 26.0 Å². The van der Waals surface area contributed by atoms with E-state index in [9.17, 15) is 8.42 Å². The Labute approximate surface area is 97.8 Å². The molecular weight excluding hydrogens is 282 g/mol. The van der Waals surface area contributed by atoms with Crippen LogP contribution in [0.2, 0.25) is 0 Å². The third-order valence-corrected chi connectivity index (χ3v) is 4.77. The lowest BCUT2D eigenvalue weighted by Gasteiger charge is -2.21. The van der Waals surface area contributed by atoms with Gasteiger partial charge in [-0.1, -0.05) is 29.8 Å². The molecule has 0 fully saturated rings. The molecule has 5 nitrogen and oxygen atoms in total. The zero-order valence-electron chi connectivity index (χ0n) is 8.62. The molecule has 0 aliphatic rings. The second kappa shape index (κ2) is 4.63. The number of nitrogens with one attached hydrogen (secondary N) is 2. The van der Waals surface area contributed by atoms with Crippen molar-refractivity contribution in [3.8, 4) is 0 Å². The van der Waals surface area contributed by atoms with Gasteiger partial charge in [-0.2, -0.15) is 5.10 Å². The summed E-state index contributed by atoms with van der Waals surface area (Å²) in [4.78, 5) is 0.160. The van der Waals surface area contributed by atoms with Crippen LogP contribution in [0.15, 0.2) is 17.3 Å². The van der Waals surface area contributed by atoms with Gasteiger partial charge < -0.3 is 0 Å². The van der Waals surface area contributed by atoms with Gasteiger partial charge in [0, 0.05) is 18.1 Å². The minimum absolute atomic E-state index is 0.114. The lowest BCUT2D eigenvalue weighted by molar-refractivity contribution is 0.420. The van der Waals surface area contributed by atoms with Crippen LogP contribution >= 0.6 is 15.9 Å². The SMILES string of the molecule is CC(C)(CBr)CNS(=O)(=O)c1cn[nH]c1. The fraction of sp³-hybridized carbons (Fsp3) is 0.625. The molecule has 15 heavy (non-hydrogen) atoms. The Balaban J connectivity index is 2.67. The number of hydrogen-bond donors (Lipinski definition) is 2. The van der Waals surface area contributed by atoms with Gasteiger partial charge in [-0.3, -0.25) is 5.10 Å². The number of rotatable bonds is 5. The van der Waals surface area contributed by atoms with Crippen molar-refractivity contribution in [3.05, 3.63) is 12.4 Å². The summed E-state index contributed by atoms with van der Waals surface area (Å²) >= 11 is 3.33. The number of sulfonamides is 1. The summed E-state index contributed by atoms with van der Waals surface area (Å²) in [5.74, 6) is 0. The zero-order chi connectivity index (χ0) is 11.5. The standard InChI is InChI=1S/C8H14BrN3O2S/c1-8(2,5-9)6-12-15(13,14)7-3-10-11-4-7/h3-4,12H,5-6H2,1-2H3,(H,10,11). The predicted octanol–water partition coefficient (Wildman–Crippen LogP) is 1.11. The van der Waals surface area contributed by atoms with Crippen LogP contribution in [0.3, 0.4) is 0 Å². The molecule has 0 bridgehead atoms. The quantitative estimate of drug-likeness (QED) is 0.799. The zero-order valence-corrected chi connectivity index (χ0v) is 11.0. The Morgan fingerprint density at radius 2 is 2.27 bits per heavy atom. The minimum atomic E-state index is -3.42. The molecule has 1 aromatic heterocycles. The maximum atomic E-state index is 11.7. The maximum Gasteiger partial charge on any atom is 0.243 e. The number of aromatic nitrogens is 2. The lowest BCUT2D eigenvalue weighted by Crippen LogP contribution is -2.34. The highest BCUT2D eigenvalue weighted by Gasteiger charge is 2.21. The summed E-state index contributed by atoms with van der Waals surface area (Å²) < 4.78 is 25.9. The van der Waals surface area contributed by atoms with Crippen LogP contribution in [0, 0.1) is 5.41 Å². The summed E-state index contributed by atoms with van der Waals surface area (Å²) in [6.07, 6.45) is 2.63. The van der Waals surface area contributed by atoms with E-state index in [0.717, 1.165) is 5.33 Å². The second-order valence-electron chi connectivity index (χ2n) is 4.06. The summed E-state index contributed by atoms with van der Waals surface area (Å²) in [5.41, 5.74) is -0.114. The molecule has 0 unspecified atom stereocenters. The Morgan fingerprint density at radius 3 is 2.73 bits per heavy atom. The van der Waals surface area contributed by atoms with Crippen molar-refractivity contribution in [3.63, 3.8) is 0 Å². The van der Waals surface area contributed by atoms with Gasteiger partial charge in [-0.05, 0) is 5.41 Å². The van der Waals surface area contributed by atoms with E-state index < -0.39 is 10.0 Å². The average Bonchev–Trinajstić information content (AvgIpc) is 2.69. The highest BCUT2D eigenvalue weighted by molar-refractivity contribution is 9.09. The first-order valence-corrected chi connectivity index (χ1v) is 7.02. The molecule has 0 aromatic carbocycles. The Bertz CT molecular complexity index is 400. The van der Waals surface area contributed by atoms with Crippen LogP contribution in [0.4, 0.5) is 0 Å². The highest BCUT2D eigenvalue weighted by atomic mass is 79.9. The van der Waals surface area contributed by atoms with Crippen molar-refractivity contribution in [2.75, 3.05) is 11.9 Å². The largest absolute Gasteiger partial charge is 0.284 e. The van der Waals surface area contributed by atoms with E-state index in [-0.39, 0.29) is 10.3 Å². The molecule has 0 spiro atoms. The van der Waals surface area contributed by atoms with E-state index in [0.29, 0.717) is 6.54 Å². The number of halogens is 1. The molecule has 0 saturated carbocycles. The third-order valence-electron chi connectivity index (χ3n) is 1.89. The summed E-state index contributed by atoms with van der Waals surface area (Å²) in [6, 6.07) is 0. The first-order chi connectivity index (χ1) is 6.87. The van der Waals surface area contributed by atoms with Gasteiger partial charge in [0.25, 0.3) is 0 Å². The molecule has 86 valence electrons. The molecule has 0 amide bonds. The molecule has 0 atom stereocenters. The van der Waals surface area contributed by atoms with Crippen LogP contribution in [-0.4, -0.2) is 30.5 Å². The van der Waals surface area contributed by atoms with Crippen LogP contribution in [0.1, 0.15) is 13.8 Å². The molecule has 2 N–H and O–H groups in total. The lowest BCUT2D eigenvalue weighted by atomic mass is 9.98. The molecule has 1 heterocycles. The van der Waals surface area contributed by atoms with Gasteiger partial charge >= 0.3 is 0 Å². The van der Waals surface area contributed by atoms with Gasteiger partial charge in [0.15, 0.2) is 0 Å². The molecule has 0 aliphatic carbocycles. The first kappa shape index (κ1) is 12.7. The molecule has 0 saturated heterocycles. The minimum Gasteiger partial charge on any atom is -0.284 e. The molecular formula is C8H14BrN3O2S. The van der Waals surface area contributed by atoms with Gasteiger partial charge in [-0.15, -0.1) is 0 Å². The number of H-pyrrole nitrogens is 1. The predicted molar refractivity (Wildman–Crippen MR) is 61.4 cm³/mol. The maximum absolute atomic E-state index is 11.7. The molecule has 1 aromatic rings. The number of aromatic amines is 1. The molecule has 7 heteroatoms. The van der Waals surface area contributed by atoms with Crippen molar-refractivity contribution in [2.24, 2.45) is 5.41 Å². The van der Waals surface area contributed by atoms with Crippen LogP contribution in [-0.2, 0) is 10.0 Å². The summed E-state index contributed by atoms with van der Waals surface area (Å²) in [6.45, 7) is 4.32. The summed E-state index contributed by atoms with van der Waals surface area (Å²) in [7, 11) is -3.42. The fourth-order valence-corrected chi connectivity index (χ4v) is 2.15. The normalized spacial score (nSPS) is 13.0. The number of alkyl halides is 1. The Hall–Kier alpha value is -0.400. The summed E-state index contributed by atoms with van der Waals surface area (Å²) in [5, 5.41) is 6.80. The van der Waals surface area contributed by atoms with Crippen LogP contribution in [0.25, 0.3) is 0 Å². The average molecular weight is 296 g/mol.